The molecule has 172 valence electrons. The van der Waals surface area contributed by atoms with Crippen LogP contribution in [0.15, 0.2) is 30.3 Å². The van der Waals surface area contributed by atoms with Crippen molar-refractivity contribution in [2.24, 2.45) is 11.8 Å². The van der Waals surface area contributed by atoms with Gasteiger partial charge in [0.25, 0.3) is 5.91 Å². The minimum absolute atomic E-state index is 0.0214. The van der Waals surface area contributed by atoms with Crippen molar-refractivity contribution >= 4 is 32.7 Å². The third kappa shape index (κ3) is 5.30. The van der Waals surface area contributed by atoms with E-state index >= 15 is 0 Å². The Labute approximate surface area is 189 Å². The van der Waals surface area contributed by atoms with Crippen LogP contribution in [0.5, 0.6) is 0 Å². The molecule has 9 heteroatoms. The van der Waals surface area contributed by atoms with Crippen LogP contribution in [-0.2, 0) is 14.8 Å². The smallest absolute Gasteiger partial charge is 0.269 e. The number of nitrogens with one attached hydrogen (secondary N) is 2. The molecule has 2 amide bonds. The first-order chi connectivity index (χ1) is 15.1. The molecule has 0 radical (unpaired) electrons. The van der Waals surface area contributed by atoms with Crippen molar-refractivity contribution in [3.05, 3.63) is 36.0 Å². The molecule has 1 aromatic heterocycles. The van der Waals surface area contributed by atoms with Crippen LogP contribution in [0, 0.1) is 23.2 Å². The first-order valence-electron chi connectivity index (χ1n) is 10.9. The fourth-order valence-corrected chi connectivity index (χ4v) is 5.42. The number of amides is 2. The van der Waals surface area contributed by atoms with Crippen LogP contribution in [0.3, 0.4) is 0 Å². The molecule has 1 saturated carbocycles. The summed E-state index contributed by atoms with van der Waals surface area (Å²) in [7, 11) is -3.72. The number of nitriles is 1. The Balaban J connectivity index is 1.83. The molecule has 2 N–H and O–H groups in total. The largest absolute Gasteiger partial charge is 0.347 e. The number of benzene rings is 1. The van der Waals surface area contributed by atoms with E-state index in [0.717, 1.165) is 23.1 Å². The van der Waals surface area contributed by atoms with Crippen molar-refractivity contribution in [1.29, 1.82) is 5.26 Å². The van der Waals surface area contributed by atoms with Gasteiger partial charge in [0, 0.05) is 11.4 Å². The van der Waals surface area contributed by atoms with Crippen LogP contribution in [-0.4, -0.2) is 42.5 Å². The zero-order chi connectivity index (χ0) is 23.5. The number of para-hydroxylation sites is 1. The van der Waals surface area contributed by atoms with E-state index in [1.807, 2.05) is 13.8 Å². The Morgan fingerprint density at radius 3 is 2.56 bits per heavy atom. The van der Waals surface area contributed by atoms with Crippen molar-refractivity contribution in [1.82, 2.24) is 14.6 Å². The van der Waals surface area contributed by atoms with Crippen LogP contribution in [0.4, 0.5) is 0 Å². The van der Waals surface area contributed by atoms with E-state index in [1.165, 1.54) is 0 Å². The molecule has 0 aliphatic heterocycles. The highest BCUT2D eigenvalue weighted by Gasteiger charge is 2.34. The molecule has 8 nitrogen and oxygen atoms in total. The van der Waals surface area contributed by atoms with Crippen molar-refractivity contribution in [2.45, 2.75) is 58.0 Å². The molecule has 1 heterocycles. The fraction of sp³-hybridized carbons (Fsp3) is 0.522. The molecule has 0 bridgehead atoms. The third-order valence-corrected chi connectivity index (χ3v) is 6.89. The van der Waals surface area contributed by atoms with Gasteiger partial charge in [-0.3, -0.25) is 9.59 Å². The lowest BCUT2D eigenvalue weighted by Crippen LogP contribution is -2.50. The molecule has 0 saturated heterocycles. The van der Waals surface area contributed by atoms with E-state index in [0.29, 0.717) is 30.2 Å². The van der Waals surface area contributed by atoms with Gasteiger partial charge >= 0.3 is 0 Å². The average molecular weight is 459 g/mol. The molecule has 32 heavy (non-hydrogen) atoms. The number of carbonyl (C=O) groups is 2. The van der Waals surface area contributed by atoms with Gasteiger partial charge in [0.05, 0.1) is 23.8 Å². The normalized spacial score (nSPS) is 20.0. The summed E-state index contributed by atoms with van der Waals surface area (Å²) in [5.41, 5.74) is 0.455. The summed E-state index contributed by atoms with van der Waals surface area (Å²) in [5, 5.41) is 15.7. The number of nitrogens with zero attached hydrogens (tertiary/aromatic N) is 2. The van der Waals surface area contributed by atoms with Crippen molar-refractivity contribution in [2.75, 3.05) is 6.26 Å². The van der Waals surface area contributed by atoms with Crippen LogP contribution in [0.1, 0.15) is 56.4 Å². The quantitative estimate of drug-likeness (QED) is 0.661. The predicted molar refractivity (Wildman–Crippen MR) is 122 cm³/mol. The van der Waals surface area contributed by atoms with E-state index in [-0.39, 0.29) is 17.5 Å². The number of aromatic nitrogens is 1. The second kappa shape index (κ2) is 9.74. The fourth-order valence-electron chi connectivity index (χ4n) is 4.40. The van der Waals surface area contributed by atoms with Gasteiger partial charge in [0.1, 0.15) is 11.7 Å². The van der Waals surface area contributed by atoms with E-state index in [1.54, 1.807) is 30.3 Å². The zero-order valence-corrected chi connectivity index (χ0v) is 19.5. The molecule has 1 fully saturated rings. The molecule has 1 aromatic carbocycles. The highest BCUT2D eigenvalue weighted by Crippen LogP contribution is 2.27. The minimum atomic E-state index is -3.72. The number of rotatable bonds is 7. The summed E-state index contributed by atoms with van der Waals surface area (Å²) in [6.45, 7) is 3.97. The summed E-state index contributed by atoms with van der Waals surface area (Å²) in [4.78, 5) is 26.1. The molecule has 0 spiro atoms. The van der Waals surface area contributed by atoms with Crippen molar-refractivity contribution in [3.8, 4) is 6.07 Å². The maximum Gasteiger partial charge on any atom is 0.269 e. The first kappa shape index (κ1) is 23.8. The summed E-state index contributed by atoms with van der Waals surface area (Å²) in [6, 6.07) is 9.58. The van der Waals surface area contributed by atoms with Gasteiger partial charge in [-0.2, -0.15) is 5.26 Å². The van der Waals surface area contributed by atoms with Gasteiger partial charge in [-0.25, -0.2) is 12.4 Å². The maximum absolute atomic E-state index is 13.2. The number of carbonyl (C=O) groups excluding carboxylic acids is 2. The number of fused-ring (bicyclic) bond motifs is 1. The van der Waals surface area contributed by atoms with Crippen LogP contribution in [0.25, 0.3) is 10.9 Å². The van der Waals surface area contributed by atoms with E-state index in [2.05, 4.69) is 16.7 Å². The Morgan fingerprint density at radius 1 is 1.22 bits per heavy atom. The zero-order valence-electron chi connectivity index (χ0n) is 18.7. The highest BCUT2D eigenvalue weighted by molar-refractivity contribution is 7.89. The molecule has 3 atom stereocenters. The maximum atomic E-state index is 13.2. The SMILES string of the molecule is CC(C)C[C@@H](C#N)NC(=O)[C@@H]1CCCC[C@@H]1NC(=O)c1cc2ccccc2n1S(C)(=O)=O. The topological polar surface area (TPSA) is 121 Å². The lowest BCUT2D eigenvalue weighted by atomic mass is 9.83. The van der Waals surface area contributed by atoms with E-state index in [4.69, 9.17) is 0 Å². The van der Waals surface area contributed by atoms with Gasteiger partial charge in [-0.1, -0.05) is 44.9 Å². The molecular weight excluding hydrogens is 428 g/mol. The molecule has 3 rings (SSSR count). The Bertz CT molecular complexity index is 1150. The van der Waals surface area contributed by atoms with Gasteiger partial charge < -0.3 is 10.6 Å². The van der Waals surface area contributed by atoms with E-state index < -0.39 is 33.9 Å². The monoisotopic (exact) mass is 458 g/mol. The van der Waals surface area contributed by atoms with Crippen molar-refractivity contribution < 1.29 is 18.0 Å². The molecule has 1 aliphatic rings. The molecular formula is C23H30N4O4S. The van der Waals surface area contributed by atoms with Gasteiger partial charge in [-0.05, 0) is 37.3 Å². The van der Waals surface area contributed by atoms with Gasteiger partial charge in [0.2, 0.25) is 15.9 Å². The van der Waals surface area contributed by atoms with Gasteiger partial charge in [-0.15, -0.1) is 0 Å². The Hall–Kier alpha value is -2.86. The minimum Gasteiger partial charge on any atom is -0.347 e. The van der Waals surface area contributed by atoms with E-state index in [9.17, 15) is 23.3 Å². The predicted octanol–water partition coefficient (Wildman–Crippen LogP) is 2.79. The first-order valence-corrected chi connectivity index (χ1v) is 12.8. The summed E-state index contributed by atoms with van der Waals surface area (Å²) < 4.78 is 25.9. The lowest BCUT2D eigenvalue weighted by molar-refractivity contribution is -0.127. The van der Waals surface area contributed by atoms with Crippen molar-refractivity contribution in [3.63, 3.8) is 0 Å². The molecule has 0 unspecified atom stereocenters. The highest BCUT2D eigenvalue weighted by atomic mass is 32.2. The second-order valence-corrected chi connectivity index (χ2v) is 10.7. The summed E-state index contributed by atoms with van der Waals surface area (Å²) in [6.07, 6.45) is 4.55. The molecule has 2 aromatic rings. The Kier molecular flexibility index (Phi) is 7.24. The average Bonchev–Trinajstić information content (AvgIpc) is 3.13. The standard InChI is InChI=1S/C23H30N4O4S/c1-15(2)12-17(14-24)25-22(28)18-9-5-6-10-19(18)26-23(29)21-13-16-8-4-7-11-20(16)27(21)32(3,30)31/h4,7-8,11,13,15,17-19H,5-6,9-10,12H2,1-3H3,(H,25,28)(H,26,29)/t17-,18+,19-/m0/s1. The van der Waals surface area contributed by atoms with Crippen LogP contribution < -0.4 is 10.6 Å². The van der Waals surface area contributed by atoms with Crippen LogP contribution >= 0.6 is 0 Å². The third-order valence-electron chi connectivity index (χ3n) is 5.83. The van der Waals surface area contributed by atoms with Gasteiger partial charge in [0.15, 0.2) is 0 Å². The number of hydrogen-bond donors (Lipinski definition) is 2. The molecule has 1 aliphatic carbocycles. The lowest BCUT2D eigenvalue weighted by Gasteiger charge is -2.32. The second-order valence-electron chi connectivity index (χ2n) is 8.91. The number of hydrogen-bond acceptors (Lipinski definition) is 5. The Morgan fingerprint density at radius 2 is 1.91 bits per heavy atom. The van der Waals surface area contributed by atoms with Crippen LogP contribution in [0.2, 0.25) is 0 Å². The summed E-state index contributed by atoms with van der Waals surface area (Å²) in [5.74, 6) is -0.979. The summed E-state index contributed by atoms with van der Waals surface area (Å²) >= 11 is 0.